The molecular formula is C6H14O3. The molecule has 0 heterocycles. The second-order valence-corrected chi connectivity index (χ2v) is 1.88. The fraction of sp³-hybridized carbons (Fsp3) is 1.00. The zero-order chi connectivity index (χ0) is 7.11. The molecule has 0 unspecified atom stereocenters. The van der Waals surface area contributed by atoms with E-state index < -0.39 is 0 Å². The highest BCUT2D eigenvalue weighted by molar-refractivity contribution is 4.54. The van der Waals surface area contributed by atoms with Gasteiger partial charge in [0, 0.05) is 20.3 Å². The average Bonchev–Trinajstić information content (AvgIpc) is 1.88. The third kappa shape index (κ3) is 4.39. The Labute approximate surface area is 55.3 Å². The van der Waals surface area contributed by atoms with Crippen LogP contribution >= 0.6 is 0 Å². The maximum Gasteiger partial charge on any atom is 0.0615 e. The van der Waals surface area contributed by atoms with Gasteiger partial charge < -0.3 is 14.9 Å². The summed E-state index contributed by atoms with van der Waals surface area (Å²) in [4.78, 5) is 0. The van der Waals surface area contributed by atoms with E-state index >= 15 is 0 Å². The highest BCUT2D eigenvalue weighted by atomic mass is 16.5. The molecule has 0 amide bonds. The van der Waals surface area contributed by atoms with Crippen molar-refractivity contribution in [2.45, 2.75) is 18.9 Å². The molecule has 3 nitrogen and oxygen atoms in total. The van der Waals surface area contributed by atoms with E-state index in [-0.39, 0.29) is 19.3 Å². The summed E-state index contributed by atoms with van der Waals surface area (Å²) >= 11 is 0. The molecule has 0 atom stereocenters. The van der Waals surface area contributed by atoms with Crippen LogP contribution in [0.5, 0.6) is 0 Å². The second-order valence-electron chi connectivity index (χ2n) is 1.88. The SMILES string of the molecule is COC(CCO)CCO. The normalized spacial score (nSPS) is 10.7. The zero-order valence-electron chi connectivity index (χ0n) is 5.71. The van der Waals surface area contributed by atoms with Crippen molar-refractivity contribution in [2.24, 2.45) is 0 Å². The van der Waals surface area contributed by atoms with Crippen LogP contribution < -0.4 is 0 Å². The number of methoxy groups -OCH3 is 1. The molecule has 0 saturated heterocycles. The molecule has 0 aromatic rings. The number of aliphatic hydroxyl groups excluding tert-OH is 2. The van der Waals surface area contributed by atoms with Crippen LogP contribution in [0.3, 0.4) is 0 Å². The molecule has 2 N–H and O–H groups in total. The zero-order valence-corrected chi connectivity index (χ0v) is 5.71. The molecule has 0 aromatic carbocycles. The monoisotopic (exact) mass is 134 g/mol. The molecule has 0 radical (unpaired) electrons. The van der Waals surface area contributed by atoms with Gasteiger partial charge in [0.15, 0.2) is 0 Å². The first-order valence-electron chi connectivity index (χ1n) is 3.09. The second kappa shape index (κ2) is 6.01. The number of hydrogen-bond donors (Lipinski definition) is 2. The Morgan fingerprint density at radius 3 is 1.89 bits per heavy atom. The smallest absolute Gasteiger partial charge is 0.0615 e. The Hall–Kier alpha value is -0.120. The van der Waals surface area contributed by atoms with Crippen LogP contribution in [-0.2, 0) is 4.74 Å². The average molecular weight is 134 g/mol. The standard InChI is InChI=1S/C6H14O3/c1-9-6(2-4-7)3-5-8/h6-8H,2-5H2,1H3. The van der Waals surface area contributed by atoms with Gasteiger partial charge in [0.2, 0.25) is 0 Å². The minimum atomic E-state index is 0.0139. The molecule has 56 valence electrons. The first kappa shape index (κ1) is 8.88. The van der Waals surface area contributed by atoms with Gasteiger partial charge >= 0.3 is 0 Å². The van der Waals surface area contributed by atoms with Crippen molar-refractivity contribution in [3.05, 3.63) is 0 Å². The minimum absolute atomic E-state index is 0.0139. The Kier molecular flexibility index (Phi) is 5.93. The highest BCUT2D eigenvalue weighted by Gasteiger charge is 2.03. The largest absolute Gasteiger partial charge is 0.396 e. The lowest BCUT2D eigenvalue weighted by molar-refractivity contribution is 0.0570. The van der Waals surface area contributed by atoms with Gasteiger partial charge in [-0.15, -0.1) is 0 Å². The van der Waals surface area contributed by atoms with Crippen molar-refractivity contribution in [3.8, 4) is 0 Å². The summed E-state index contributed by atoms with van der Waals surface area (Å²) in [7, 11) is 1.58. The lowest BCUT2D eigenvalue weighted by atomic mass is 10.2. The first-order valence-corrected chi connectivity index (χ1v) is 3.09. The predicted molar refractivity (Wildman–Crippen MR) is 34.2 cm³/mol. The summed E-state index contributed by atoms with van der Waals surface area (Å²) in [5, 5.41) is 16.9. The van der Waals surface area contributed by atoms with Gasteiger partial charge in [0.1, 0.15) is 0 Å². The number of hydrogen-bond acceptors (Lipinski definition) is 3. The molecule has 0 aliphatic rings. The van der Waals surface area contributed by atoms with E-state index in [9.17, 15) is 0 Å². The predicted octanol–water partition coefficient (Wildman–Crippen LogP) is -0.234. The van der Waals surface area contributed by atoms with Gasteiger partial charge in [-0.2, -0.15) is 0 Å². The summed E-state index contributed by atoms with van der Waals surface area (Å²) in [6.07, 6.45) is 1.23. The van der Waals surface area contributed by atoms with Gasteiger partial charge in [-0.3, -0.25) is 0 Å². The van der Waals surface area contributed by atoms with E-state index in [1.807, 2.05) is 0 Å². The van der Waals surface area contributed by atoms with Gasteiger partial charge in [0.05, 0.1) is 6.10 Å². The summed E-state index contributed by atoms with van der Waals surface area (Å²) in [5.74, 6) is 0. The number of rotatable bonds is 5. The van der Waals surface area contributed by atoms with Gasteiger partial charge in [-0.25, -0.2) is 0 Å². The fourth-order valence-electron chi connectivity index (χ4n) is 0.668. The maximum absolute atomic E-state index is 8.43. The number of ether oxygens (including phenoxy) is 1. The van der Waals surface area contributed by atoms with Gasteiger partial charge in [0.25, 0.3) is 0 Å². The van der Waals surface area contributed by atoms with E-state index in [4.69, 9.17) is 14.9 Å². The van der Waals surface area contributed by atoms with Crippen molar-refractivity contribution in [3.63, 3.8) is 0 Å². The fourth-order valence-corrected chi connectivity index (χ4v) is 0.668. The van der Waals surface area contributed by atoms with Crippen molar-refractivity contribution in [2.75, 3.05) is 20.3 Å². The molecule has 0 spiro atoms. The lowest BCUT2D eigenvalue weighted by Crippen LogP contribution is -2.13. The van der Waals surface area contributed by atoms with E-state index in [0.717, 1.165) is 0 Å². The minimum Gasteiger partial charge on any atom is -0.396 e. The van der Waals surface area contributed by atoms with Crippen LogP contribution in [0.15, 0.2) is 0 Å². The van der Waals surface area contributed by atoms with Crippen molar-refractivity contribution < 1.29 is 14.9 Å². The Morgan fingerprint density at radius 2 is 1.67 bits per heavy atom. The third-order valence-electron chi connectivity index (χ3n) is 1.24. The highest BCUT2D eigenvalue weighted by Crippen LogP contribution is 1.99. The third-order valence-corrected chi connectivity index (χ3v) is 1.24. The van der Waals surface area contributed by atoms with Crippen LogP contribution in [0.2, 0.25) is 0 Å². The summed E-state index contributed by atoms with van der Waals surface area (Å²) in [6.45, 7) is 0.247. The van der Waals surface area contributed by atoms with Gasteiger partial charge in [-0.1, -0.05) is 0 Å². The van der Waals surface area contributed by atoms with E-state index in [1.165, 1.54) is 0 Å². The topological polar surface area (TPSA) is 49.7 Å². The van der Waals surface area contributed by atoms with Crippen molar-refractivity contribution >= 4 is 0 Å². The van der Waals surface area contributed by atoms with Crippen LogP contribution in [0.25, 0.3) is 0 Å². The quantitative estimate of drug-likeness (QED) is 0.546. The Morgan fingerprint density at radius 1 is 1.22 bits per heavy atom. The molecule has 0 bridgehead atoms. The molecule has 0 saturated carbocycles. The van der Waals surface area contributed by atoms with Crippen LogP contribution in [0.1, 0.15) is 12.8 Å². The van der Waals surface area contributed by atoms with E-state index in [2.05, 4.69) is 0 Å². The Balaban J connectivity index is 3.18. The lowest BCUT2D eigenvalue weighted by Gasteiger charge is -2.10. The first-order chi connectivity index (χ1) is 4.35. The van der Waals surface area contributed by atoms with E-state index in [1.54, 1.807) is 7.11 Å². The molecule has 9 heavy (non-hydrogen) atoms. The molecule has 0 aliphatic carbocycles. The molecule has 0 fully saturated rings. The summed E-state index contributed by atoms with van der Waals surface area (Å²) < 4.78 is 4.91. The summed E-state index contributed by atoms with van der Waals surface area (Å²) in [5.41, 5.74) is 0. The van der Waals surface area contributed by atoms with Gasteiger partial charge in [-0.05, 0) is 12.8 Å². The molecular weight excluding hydrogens is 120 g/mol. The molecule has 3 heteroatoms. The molecule has 0 rings (SSSR count). The summed E-state index contributed by atoms with van der Waals surface area (Å²) in [6, 6.07) is 0. The van der Waals surface area contributed by atoms with Crippen LogP contribution in [0, 0.1) is 0 Å². The van der Waals surface area contributed by atoms with Crippen molar-refractivity contribution in [1.82, 2.24) is 0 Å². The van der Waals surface area contributed by atoms with Crippen LogP contribution in [0.4, 0.5) is 0 Å². The number of aliphatic hydroxyl groups is 2. The van der Waals surface area contributed by atoms with Crippen molar-refractivity contribution in [1.29, 1.82) is 0 Å². The van der Waals surface area contributed by atoms with E-state index in [0.29, 0.717) is 12.8 Å². The molecule has 0 aliphatic heterocycles. The van der Waals surface area contributed by atoms with Crippen LogP contribution in [-0.4, -0.2) is 36.6 Å². The Bertz CT molecular complexity index is 50.3. The maximum atomic E-state index is 8.43. The molecule has 0 aromatic heterocycles.